The molecule has 3 aliphatic heterocycles. The zero-order chi connectivity index (χ0) is 48.3. The molecule has 1 atom stereocenters. The van der Waals surface area contributed by atoms with Gasteiger partial charge >= 0.3 is 0 Å². The Bertz CT molecular complexity index is 2820. The Kier molecular flexibility index (Phi) is 15.9. The molecule has 5 aromatic rings. The zero-order valence-electron chi connectivity index (χ0n) is 37.9. The first-order valence-electron chi connectivity index (χ1n) is 23.1. The van der Waals surface area contributed by atoms with Crippen LogP contribution in [0.15, 0.2) is 100 Å². The van der Waals surface area contributed by atoms with Crippen LogP contribution in [0.1, 0.15) is 102 Å². The Balaban J connectivity index is 0.694. The molecule has 0 saturated carbocycles. The number of nitrogens with zero attached hydrogens (tertiary/aromatic N) is 6. The van der Waals surface area contributed by atoms with Crippen molar-refractivity contribution in [2.75, 3.05) is 30.3 Å². The fraction of sp³-hybridized carbons (Fsp3) is 0.314. The molecule has 4 amide bonds. The van der Waals surface area contributed by atoms with Gasteiger partial charge in [-0.3, -0.25) is 34.5 Å². The van der Waals surface area contributed by atoms with E-state index in [1.54, 1.807) is 48.8 Å². The average molecular weight is 956 g/mol. The number of hydrogen-bond acceptors (Lipinski definition) is 12. The van der Waals surface area contributed by atoms with E-state index in [9.17, 15) is 28.0 Å². The third-order valence-corrected chi connectivity index (χ3v) is 12.5. The summed E-state index contributed by atoms with van der Waals surface area (Å²) < 4.78 is 29.9. The highest BCUT2D eigenvalue weighted by Gasteiger charge is 2.39. The van der Waals surface area contributed by atoms with Crippen LogP contribution in [0, 0.1) is 11.6 Å². The number of hydrogen-bond donors (Lipinski definition) is 5. The lowest BCUT2D eigenvalue weighted by atomic mass is 9.95. The van der Waals surface area contributed by atoms with E-state index < -0.39 is 23.6 Å². The van der Waals surface area contributed by atoms with Crippen LogP contribution < -0.4 is 27.1 Å². The first kappa shape index (κ1) is 48.2. The molecule has 0 spiro atoms. The van der Waals surface area contributed by atoms with Gasteiger partial charge in [-0.1, -0.05) is 68.0 Å². The molecule has 69 heavy (non-hydrogen) atoms. The lowest BCUT2D eigenvalue weighted by molar-refractivity contribution is -0.137. The van der Waals surface area contributed by atoms with Crippen LogP contribution >= 0.6 is 11.6 Å². The number of nitrogens with two attached hydrogens (primary N) is 1. The van der Waals surface area contributed by atoms with E-state index in [0.29, 0.717) is 75.4 Å². The molecule has 15 nitrogen and oxygen atoms in total. The Morgan fingerprint density at radius 3 is 2.38 bits per heavy atom. The van der Waals surface area contributed by atoms with Crippen molar-refractivity contribution in [3.05, 3.63) is 135 Å². The van der Waals surface area contributed by atoms with Gasteiger partial charge in [0.2, 0.25) is 23.7 Å². The van der Waals surface area contributed by atoms with Crippen molar-refractivity contribution in [2.45, 2.75) is 83.3 Å². The Morgan fingerprint density at radius 2 is 1.61 bits per heavy atom. The van der Waals surface area contributed by atoms with Crippen molar-refractivity contribution in [3.63, 3.8) is 0 Å². The monoisotopic (exact) mass is 955 g/mol. The van der Waals surface area contributed by atoms with Crippen LogP contribution in [0.4, 0.5) is 26.1 Å². The molecular weight excluding hydrogens is 904 g/mol. The van der Waals surface area contributed by atoms with Gasteiger partial charge in [0.25, 0.3) is 5.91 Å². The number of benzene rings is 4. The van der Waals surface area contributed by atoms with E-state index >= 15 is 0 Å². The Labute approximate surface area is 403 Å². The van der Waals surface area contributed by atoms with Crippen LogP contribution in [-0.4, -0.2) is 81.8 Å². The summed E-state index contributed by atoms with van der Waals surface area (Å²) in [6.07, 6.45) is 11.5. The van der Waals surface area contributed by atoms with E-state index in [-0.39, 0.29) is 48.5 Å². The highest BCUT2D eigenvalue weighted by Crippen LogP contribution is 2.35. The Hall–Kier alpha value is -7.24. The predicted molar refractivity (Wildman–Crippen MR) is 263 cm³/mol. The number of amides is 4. The molecule has 1 unspecified atom stereocenters. The molecule has 1 saturated heterocycles. The molecule has 18 heteroatoms. The van der Waals surface area contributed by atoms with Crippen molar-refractivity contribution in [1.82, 2.24) is 25.5 Å². The number of hydrazone groups is 1. The maximum Gasteiger partial charge on any atom is 0.255 e. The number of carbonyl (C=O) groups excluding carboxylic acids is 4. The molecule has 4 heterocycles. The number of fused-ring (bicyclic) bond motifs is 4. The number of aliphatic imine (C=N–C) groups is 2. The van der Waals surface area contributed by atoms with Gasteiger partial charge in [0.15, 0.2) is 0 Å². The van der Waals surface area contributed by atoms with Crippen molar-refractivity contribution in [2.24, 2.45) is 20.9 Å². The predicted octanol–water partition coefficient (Wildman–Crippen LogP) is 8.01. The average Bonchev–Trinajstić information content (AvgIpc) is 3.57. The fourth-order valence-corrected chi connectivity index (χ4v) is 8.84. The largest absolute Gasteiger partial charge is 0.326 e. The number of carbonyl (C=O) groups is 4. The maximum absolute atomic E-state index is 14.9. The Morgan fingerprint density at radius 1 is 0.870 bits per heavy atom. The number of rotatable bonds is 20. The number of imide groups is 1. The van der Waals surface area contributed by atoms with Gasteiger partial charge in [0.1, 0.15) is 23.4 Å². The van der Waals surface area contributed by atoms with Crippen LogP contribution in [0.5, 0.6) is 0 Å². The molecular formula is C51H52ClF2N11O4. The van der Waals surface area contributed by atoms with Crippen molar-refractivity contribution < 1.29 is 28.0 Å². The first-order valence-corrected chi connectivity index (χ1v) is 23.5. The topological polar surface area (TPSA) is 209 Å². The van der Waals surface area contributed by atoms with Crippen molar-refractivity contribution in [3.8, 4) is 11.3 Å². The van der Waals surface area contributed by atoms with Crippen molar-refractivity contribution in [1.29, 1.82) is 0 Å². The third kappa shape index (κ3) is 11.9. The number of anilines is 3. The van der Waals surface area contributed by atoms with Gasteiger partial charge < -0.3 is 26.7 Å². The molecule has 6 N–H and O–H groups in total. The van der Waals surface area contributed by atoms with E-state index in [4.69, 9.17) is 22.4 Å². The summed E-state index contributed by atoms with van der Waals surface area (Å²) in [6, 6.07) is 20.8. The van der Waals surface area contributed by atoms with Crippen LogP contribution in [0.3, 0.4) is 0 Å². The second kappa shape index (κ2) is 22.7. The molecule has 0 bridgehead atoms. The number of unbranched alkanes of at least 4 members (excludes halogenated alkanes) is 6. The van der Waals surface area contributed by atoms with Gasteiger partial charge in [-0.05, 0) is 86.0 Å². The molecule has 4 aromatic carbocycles. The third-order valence-electron chi connectivity index (χ3n) is 12.2. The lowest BCUT2D eigenvalue weighted by Gasteiger charge is -2.29. The summed E-state index contributed by atoms with van der Waals surface area (Å²) in [4.78, 5) is 69.3. The zero-order valence-corrected chi connectivity index (χ0v) is 38.6. The minimum atomic E-state index is -0.724. The summed E-state index contributed by atoms with van der Waals surface area (Å²) >= 11 is 6.36. The summed E-state index contributed by atoms with van der Waals surface area (Å²) in [5.41, 5.74) is 6.17. The molecule has 8 rings (SSSR count). The molecule has 1 fully saturated rings. The normalized spacial score (nSPS) is 15.6. The maximum atomic E-state index is 14.9. The number of halogens is 3. The van der Waals surface area contributed by atoms with Crippen molar-refractivity contribution >= 4 is 70.2 Å². The number of nitrogens with one attached hydrogen (secondary N) is 4. The van der Waals surface area contributed by atoms with E-state index in [2.05, 4.69) is 41.3 Å². The molecule has 0 aliphatic carbocycles. The lowest BCUT2D eigenvalue weighted by Crippen LogP contribution is -2.52. The van der Waals surface area contributed by atoms with E-state index in [1.807, 2.05) is 24.3 Å². The second-order valence-corrected chi connectivity index (χ2v) is 17.5. The quantitative estimate of drug-likeness (QED) is 0.0168. The SMILES string of the molecule is NN=C(C=NCCNCCCCCCCCCC(=O)Nc1ccc2c(c1)CN(C1CCC(=O)NC1=O)C2=O)c1ccc(Nc2ncc3c(n2)-c2ccc(Cl)cc2C(c2c(F)cccc2F)=NC3)cc1. The summed E-state index contributed by atoms with van der Waals surface area (Å²) in [7, 11) is 0. The van der Waals surface area contributed by atoms with Crippen LogP contribution in [0.2, 0.25) is 5.02 Å². The van der Waals surface area contributed by atoms with Gasteiger partial charge in [0.05, 0.1) is 30.1 Å². The van der Waals surface area contributed by atoms with Crippen LogP contribution in [0.25, 0.3) is 11.3 Å². The van der Waals surface area contributed by atoms with Gasteiger partial charge in [-0.2, -0.15) is 5.10 Å². The van der Waals surface area contributed by atoms with E-state index in [1.165, 1.54) is 23.1 Å². The second-order valence-electron chi connectivity index (χ2n) is 17.1. The highest BCUT2D eigenvalue weighted by molar-refractivity contribution is 6.38. The minimum Gasteiger partial charge on any atom is -0.326 e. The van der Waals surface area contributed by atoms with Gasteiger partial charge in [-0.15, -0.1) is 0 Å². The highest BCUT2D eigenvalue weighted by atomic mass is 35.5. The standard InChI is InChI=1S/C51H52ClF2N11O4/c52-34-14-18-38-39(26-34)48(46-40(53)9-8-10-41(46)54)58-27-33-28-59-51(63-47(33)38)61-35-15-12-31(13-16-35)42(64-55)29-57-24-23-56-22-7-5-3-1-2-4-6-11-44(66)60-36-17-19-37-32(25-36)30-65(50(37)69)43-20-21-45(67)62-49(43)68/h8-10,12-19,25-26,28-29,43,56H,1-7,11,20-24,27,30,55H2,(H,60,66)(H,59,61,63)(H,62,67,68). The molecule has 356 valence electrons. The van der Waals surface area contributed by atoms with Crippen LogP contribution in [-0.2, 0) is 27.5 Å². The van der Waals surface area contributed by atoms with Gasteiger partial charge in [0, 0.05) is 82.6 Å². The van der Waals surface area contributed by atoms with E-state index in [0.717, 1.165) is 69.2 Å². The first-order chi connectivity index (χ1) is 33.6. The molecule has 1 aromatic heterocycles. The smallest absolute Gasteiger partial charge is 0.255 e. The summed E-state index contributed by atoms with van der Waals surface area (Å²) in [6.45, 7) is 2.55. The summed E-state index contributed by atoms with van der Waals surface area (Å²) in [5, 5.41) is 16.2. The number of piperidine rings is 1. The summed E-state index contributed by atoms with van der Waals surface area (Å²) in [5.74, 6) is 3.52. The minimum absolute atomic E-state index is 0.0710. The number of aromatic nitrogens is 2. The van der Waals surface area contributed by atoms with Gasteiger partial charge in [-0.25, -0.2) is 18.7 Å². The molecule has 3 aliphatic rings. The molecule has 0 radical (unpaired) electrons. The fourth-order valence-electron chi connectivity index (χ4n) is 8.67.